The van der Waals surface area contributed by atoms with Crippen molar-refractivity contribution in [1.82, 2.24) is 19.9 Å². The number of hydrogen-bond donors (Lipinski definition) is 2. The quantitative estimate of drug-likeness (QED) is 0.721. The van der Waals surface area contributed by atoms with E-state index in [0.717, 1.165) is 36.4 Å². The van der Waals surface area contributed by atoms with Gasteiger partial charge in [-0.25, -0.2) is 9.50 Å². The number of aliphatic hydroxyl groups is 1. The highest BCUT2D eigenvalue weighted by Crippen LogP contribution is 2.04. The summed E-state index contributed by atoms with van der Waals surface area (Å²) in [6.07, 6.45) is 4.60. The summed E-state index contributed by atoms with van der Waals surface area (Å²) in [5, 5.41) is 16.2. The van der Waals surface area contributed by atoms with Crippen LogP contribution in [0.1, 0.15) is 17.7 Å². The SMILES string of the molecule is Cc1cc2ncc(CNCCCO)cn2n1. The van der Waals surface area contributed by atoms with Crippen molar-refractivity contribution < 1.29 is 5.11 Å². The Morgan fingerprint density at radius 2 is 2.38 bits per heavy atom. The van der Waals surface area contributed by atoms with E-state index >= 15 is 0 Å². The zero-order chi connectivity index (χ0) is 11.4. The average Bonchev–Trinajstić information content (AvgIpc) is 2.64. The van der Waals surface area contributed by atoms with Gasteiger partial charge >= 0.3 is 0 Å². The Morgan fingerprint density at radius 3 is 3.19 bits per heavy atom. The van der Waals surface area contributed by atoms with Gasteiger partial charge in [0.15, 0.2) is 5.65 Å². The molecular weight excluding hydrogens is 204 g/mol. The molecule has 0 amide bonds. The summed E-state index contributed by atoms with van der Waals surface area (Å²) in [4.78, 5) is 4.31. The third-order valence-electron chi connectivity index (χ3n) is 2.33. The number of rotatable bonds is 5. The summed E-state index contributed by atoms with van der Waals surface area (Å²) in [5.74, 6) is 0. The highest BCUT2D eigenvalue weighted by Gasteiger charge is 2.00. The fraction of sp³-hybridized carbons (Fsp3) is 0.455. The molecule has 5 nitrogen and oxygen atoms in total. The third kappa shape index (κ3) is 2.56. The first-order chi connectivity index (χ1) is 7.79. The van der Waals surface area contributed by atoms with E-state index in [1.165, 1.54) is 0 Å². The monoisotopic (exact) mass is 220 g/mol. The van der Waals surface area contributed by atoms with E-state index in [4.69, 9.17) is 5.11 Å². The van der Waals surface area contributed by atoms with E-state index in [1.807, 2.05) is 25.4 Å². The first-order valence-electron chi connectivity index (χ1n) is 5.42. The van der Waals surface area contributed by atoms with Crippen LogP contribution in [0.4, 0.5) is 0 Å². The Labute approximate surface area is 94.1 Å². The Morgan fingerprint density at radius 1 is 1.50 bits per heavy atom. The largest absolute Gasteiger partial charge is 0.396 e. The molecule has 0 saturated carbocycles. The van der Waals surface area contributed by atoms with Gasteiger partial charge in [0, 0.05) is 37.2 Å². The molecule has 2 aromatic heterocycles. The lowest BCUT2D eigenvalue weighted by atomic mass is 10.3. The maximum absolute atomic E-state index is 8.64. The van der Waals surface area contributed by atoms with Gasteiger partial charge in [-0.15, -0.1) is 0 Å². The molecule has 5 heteroatoms. The molecule has 0 fully saturated rings. The van der Waals surface area contributed by atoms with Crippen LogP contribution in [0.25, 0.3) is 5.65 Å². The number of aryl methyl sites for hydroxylation is 1. The van der Waals surface area contributed by atoms with Crippen molar-refractivity contribution >= 4 is 5.65 Å². The van der Waals surface area contributed by atoms with E-state index in [0.29, 0.717) is 0 Å². The zero-order valence-corrected chi connectivity index (χ0v) is 9.35. The molecule has 0 spiro atoms. The Balaban J connectivity index is 2.02. The van der Waals surface area contributed by atoms with E-state index < -0.39 is 0 Å². The predicted molar refractivity (Wildman–Crippen MR) is 61.1 cm³/mol. The first-order valence-corrected chi connectivity index (χ1v) is 5.42. The highest BCUT2D eigenvalue weighted by molar-refractivity contribution is 5.38. The van der Waals surface area contributed by atoms with Gasteiger partial charge in [-0.05, 0) is 19.9 Å². The summed E-state index contributed by atoms with van der Waals surface area (Å²) in [5.41, 5.74) is 2.93. The average molecular weight is 220 g/mol. The van der Waals surface area contributed by atoms with Gasteiger partial charge in [0.05, 0.1) is 5.69 Å². The van der Waals surface area contributed by atoms with Crippen molar-refractivity contribution in [2.75, 3.05) is 13.2 Å². The summed E-state index contributed by atoms with van der Waals surface area (Å²) >= 11 is 0. The summed E-state index contributed by atoms with van der Waals surface area (Å²) in [6.45, 7) is 3.74. The van der Waals surface area contributed by atoms with Crippen molar-refractivity contribution in [2.24, 2.45) is 0 Å². The lowest BCUT2D eigenvalue weighted by Gasteiger charge is -2.03. The second kappa shape index (κ2) is 5.05. The van der Waals surface area contributed by atoms with Crippen molar-refractivity contribution in [3.05, 3.63) is 29.7 Å². The second-order valence-electron chi connectivity index (χ2n) is 3.80. The van der Waals surface area contributed by atoms with Gasteiger partial charge in [-0.3, -0.25) is 0 Å². The molecule has 2 rings (SSSR count). The van der Waals surface area contributed by atoms with Crippen LogP contribution in [-0.2, 0) is 6.54 Å². The molecule has 2 heterocycles. The van der Waals surface area contributed by atoms with E-state index in [2.05, 4.69) is 15.4 Å². The minimum absolute atomic E-state index is 0.225. The predicted octanol–water partition coefficient (Wildman–Crippen LogP) is 0.510. The maximum atomic E-state index is 8.64. The van der Waals surface area contributed by atoms with Crippen LogP contribution >= 0.6 is 0 Å². The van der Waals surface area contributed by atoms with Crippen molar-refractivity contribution in [3.63, 3.8) is 0 Å². The molecule has 2 aromatic rings. The van der Waals surface area contributed by atoms with Gasteiger partial charge in [0.1, 0.15) is 0 Å². The van der Waals surface area contributed by atoms with Crippen molar-refractivity contribution in [3.8, 4) is 0 Å². The van der Waals surface area contributed by atoms with Crippen LogP contribution < -0.4 is 5.32 Å². The van der Waals surface area contributed by atoms with Crippen LogP contribution in [-0.4, -0.2) is 32.9 Å². The summed E-state index contributed by atoms with van der Waals surface area (Å²) < 4.78 is 1.79. The normalized spacial score (nSPS) is 11.1. The highest BCUT2D eigenvalue weighted by atomic mass is 16.3. The Kier molecular flexibility index (Phi) is 3.48. The number of hydrogen-bond acceptors (Lipinski definition) is 4. The summed E-state index contributed by atoms with van der Waals surface area (Å²) in [6, 6.07) is 1.95. The van der Waals surface area contributed by atoms with Gasteiger partial charge < -0.3 is 10.4 Å². The molecular formula is C11H16N4O. The Bertz CT molecular complexity index is 466. The summed E-state index contributed by atoms with van der Waals surface area (Å²) in [7, 11) is 0. The number of aliphatic hydroxyl groups excluding tert-OH is 1. The fourth-order valence-electron chi connectivity index (χ4n) is 1.56. The molecule has 0 radical (unpaired) electrons. The maximum Gasteiger partial charge on any atom is 0.155 e. The molecule has 0 bridgehead atoms. The molecule has 2 N–H and O–H groups in total. The molecule has 0 aliphatic carbocycles. The van der Waals surface area contributed by atoms with Crippen LogP contribution in [0.3, 0.4) is 0 Å². The van der Waals surface area contributed by atoms with Crippen molar-refractivity contribution in [2.45, 2.75) is 19.9 Å². The van der Waals surface area contributed by atoms with E-state index in [-0.39, 0.29) is 6.61 Å². The zero-order valence-electron chi connectivity index (χ0n) is 9.35. The number of nitrogens with one attached hydrogen (secondary N) is 1. The molecule has 0 unspecified atom stereocenters. The molecule has 16 heavy (non-hydrogen) atoms. The van der Waals surface area contributed by atoms with Gasteiger partial charge in [-0.2, -0.15) is 5.10 Å². The number of fused-ring (bicyclic) bond motifs is 1. The number of nitrogens with zero attached hydrogens (tertiary/aromatic N) is 3. The molecule has 0 aliphatic heterocycles. The van der Waals surface area contributed by atoms with Crippen molar-refractivity contribution in [1.29, 1.82) is 0 Å². The van der Waals surface area contributed by atoms with Gasteiger partial charge in [-0.1, -0.05) is 0 Å². The first kappa shape index (κ1) is 11.0. The standard InChI is InChI=1S/C11H16N4O/c1-9-5-11-13-7-10(8-15(11)14-9)6-12-3-2-4-16/h5,7-8,12,16H,2-4,6H2,1H3. The van der Waals surface area contributed by atoms with Crippen LogP contribution in [0, 0.1) is 6.92 Å². The van der Waals surface area contributed by atoms with E-state index in [9.17, 15) is 0 Å². The number of aromatic nitrogens is 3. The molecule has 0 aromatic carbocycles. The van der Waals surface area contributed by atoms with Crippen LogP contribution in [0.5, 0.6) is 0 Å². The molecule has 0 atom stereocenters. The molecule has 86 valence electrons. The lowest BCUT2D eigenvalue weighted by Crippen LogP contribution is -2.16. The molecule has 0 aliphatic rings. The van der Waals surface area contributed by atoms with Crippen LogP contribution in [0.2, 0.25) is 0 Å². The fourth-order valence-corrected chi connectivity index (χ4v) is 1.56. The third-order valence-corrected chi connectivity index (χ3v) is 2.33. The van der Waals surface area contributed by atoms with E-state index in [1.54, 1.807) is 4.52 Å². The Hall–Kier alpha value is -1.46. The van der Waals surface area contributed by atoms with Gasteiger partial charge in [0.2, 0.25) is 0 Å². The minimum atomic E-state index is 0.225. The van der Waals surface area contributed by atoms with Gasteiger partial charge in [0.25, 0.3) is 0 Å². The topological polar surface area (TPSA) is 62.5 Å². The van der Waals surface area contributed by atoms with Crippen LogP contribution in [0.15, 0.2) is 18.5 Å². The smallest absolute Gasteiger partial charge is 0.155 e. The lowest BCUT2D eigenvalue weighted by molar-refractivity contribution is 0.286. The molecule has 0 saturated heterocycles. The minimum Gasteiger partial charge on any atom is -0.396 e. The second-order valence-corrected chi connectivity index (χ2v) is 3.80.